The Labute approximate surface area is 173 Å². The Morgan fingerprint density at radius 2 is 1.48 bits per heavy atom. The van der Waals surface area contributed by atoms with Crippen molar-refractivity contribution in [1.29, 1.82) is 0 Å². The van der Waals surface area contributed by atoms with E-state index in [4.69, 9.17) is 12.2 Å². The minimum Gasteiger partial charge on any atom is -0.332 e. The van der Waals surface area contributed by atoms with E-state index in [1.807, 2.05) is 25.1 Å². The average Bonchev–Trinajstić information content (AvgIpc) is 2.69. The van der Waals surface area contributed by atoms with Gasteiger partial charge in [0.1, 0.15) is 5.82 Å². The van der Waals surface area contributed by atoms with Crippen LogP contribution in [0, 0.1) is 12.7 Å². The molecule has 2 amide bonds. The van der Waals surface area contributed by atoms with E-state index in [9.17, 15) is 14.0 Å². The first-order valence-corrected chi connectivity index (χ1v) is 9.18. The number of rotatable bonds is 4. The summed E-state index contributed by atoms with van der Waals surface area (Å²) in [5.74, 6) is -1.09. The molecule has 7 heteroatoms. The Morgan fingerprint density at radius 1 is 0.828 bits per heavy atom. The number of thiocarbonyl (C=S) groups is 1. The van der Waals surface area contributed by atoms with E-state index in [1.54, 1.807) is 30.3 Å². The SMILES string of the molecule is Cc1ccccc1C(=O)Nc1cccc(NC(=S)NC(=O)c2ccc(F)cc2)c1. The lowest BCUT2D eigenvalue weighted by Crippen LogP contribution is -2.34. The number of carbonyl (C=O) groups is 2. The van der Waals surface area contributed by atoms with Gasteiger partial charge in [-0.3, -0.25) is 14.9 Å². The number of nitrogens with one attached hydrogen (secondary N) is 3. The normalized spacial score (nSPS) is 10.1. The van der Waals surface area contributed by atoms with Gasteiger partial charge in [0.05, 0.1) is 0 Å². The molecule has 0 radical (unpaired) electrons. The Hall–Kier alpha value is -3.58. The largest absolute Gasteiger partial charge is 0.332 e. The third kappa shape index (κ3) is 5.46. The minimum atomic E-state index is -0.452. The maximum absolute atomic E-state index is 13.0. The third-order valence-corrected chi connectivity index (χ3v) is 4.31. The van der Waals surface area contributed by atoms with Crippen molar-refractivity contribution in [2.45, 2.75) is 6.92 Å². The summed E-state index contributed by atoms with van der Waals surface area (Å²) in [6, 6.07) is 19.4. The van der Waals surface area contributed by atoms with Gasteiger partial charge in [0, 0.05) is 22.5 Å². The number of anilines is 2. The minimum absolute atomic E-state index is 0.0849. The third-order valence-electron chi connectivity index (χ3n) is 4.10. The van der Waals surface area contributed by atoms with Crippen molar-refractivity contribution in [3.63, 3.8) is 0 Å². The highest BCUT2D eigenvalue weighted by Gasteiger charge is 2.10. The summed E-state index contributed by atoms with van der Waals surface area (Å²) in [5.41, 5.74) is 2.93. The van der Waals surface area contributed by atoms with Gasteiger partial charge < -0.3 is 10.6 Å². The number of amides is 2. The van der Waals surface area contributed by atoms with Crippen molar-refractivity contribution in [2.24, 2.45) is 0 Å². The standard InChI is InChI=1S/C22H18FN3O2S/c1-14-5-2-3-8-19(14)21(28)24-17-6-4-7-18(13-17)25-22(29)26-20(27)15-9-11-16(23)12-10-15/h2-13H,1H3,(H,24,28)(H2,25,26,27,29). The van der Waals surface area contributed by atoms with E-state index in [2.05, 4.69) is 16.0 Å². The van der Waals surface area contributed by atoms with Crippen LogP contribution in [-0.4, -0.2) is 16.9 Å². The van der Waals surface area contributed by atoms with Gasteiger partial charge >= 0.3 is 0 Å². The average molecular weight is 407 g/mol. The van der Waals surface area contributed by atoms with Gasteiger partial charge in [0.2, 0.25) is 0 Å². The summed E-state index contributed by atoms with van der Waals surface area (Å²) >= 11 is 5.16. The molecule has 0 saturated heterocycles. The molecule has 146 valence electrons. The summed E-state index contributed by atoms with van der Waals surface area (Å²) in [4.78, 5) is 24.6. The topological polar surface area (TPSA) is 70.2 Å². The summed E-state index contributed by atoms with van der Waals surface area (Å²) < 4.78 is 13.0. The maximum atomic E-state index is 13.0. The highest BCUT2D eigenvalue weighted by Crippen LogP contribution is 2.17. The molecule has 0 unspecified atom stereocenters. The number of benzene rings is 3. The van der Waals surface area contributed by atoms with Gasteiger partial charge in [-0.25, -0.2) is 4.39 Å². The molecular formula is C22H18FN3O2S. The molecule has 5 nitrogen and oxygen atoms in total. The zero-order valence-corrected chi connectivity index (χ0v) is 16.3. The molecular weight excluding hydrogens is 389 g/mol. The van der Waals surface area contributed by atoms with Crippen LogP contribution in [0.3, 0.4) is 0 Å². The predicted octanol–water partition coefficient (Wildman–Crippen LogP) is 4.51. The Balaban J connectivity index is 1.62. The quantitative estimate of drug-likeness (QED) is 0.557. The molecule has 0 bridgehead atoms. The van der Waals surface area contributed by atoms with Crippen molar-refractivity contribution in [2.75, 3.05) is 10.6 Å². The lowest BCUT2D eigenvalue weighted by Gasteiger charge is -2.12. The summed E-state index contributed by atoms with van der Waals surface area (Å²) in [6.45, 7) is 1.87. The van der Waals surface area contributed by atoms with E-state index in [1.165, 1.54) is 24.3 Å². The second-order valence-corrected chi connectivity index (χ2v) is 6.67. The van der Waals surface area contributed by atoms with Crippen LogP contribution in [0.4, 0.5) is 15.8 Å². The van der Waals surface area contributed by atoms with Crippen LogP contribution in [0.5, 0.6) is 0 Å². The fourth-order valence-electron chi connectivity index (χ4n) is 2.64. The van der Waals surface area contributed by atoms with Crippen molar-refractivity contribution >= 4 is 40.5 Å². The smallest absolute Gasteiger partial charge is 0.257 e. The predicted molar refractivity (Wildman–Crippen MR) is 116 cm³/mol. The zero-order chi connectivity index (χ0) is 20.8. The Morgan fingerprint density at radius 3 is 2.17 bits per heavy atom. The summed E-state index contributed by atoms with van der Waals surface area (Å²) in [6.07, 6.45) is 0. The van der Waals surface area contributed by atoms with Crippen molar-refractivity contribution < 1.29 is 14.0 Å². The highest BCUT2D eigenvalue weighted by molar-refractivity contribution is 7.80. The van der Waals surface area contributed by atoms with Crippen LogP contribution in [-0.2, 0) is 0 Å². The van der Waals surface area contributed by atoms with E-state index >= 15 is 0 Å². The number of halogens is 1. The van der Waals surface area contributed by atoms with Crippen LogP contribution >= 0.6 is 12.2 Å². The lowest BCUT2D eigenvalue weighted by atomic mass is 10.1. The van der Waals surface area contributed by atoms with Crippen LogP contribution in [0.15, 0.2) is 72.8 Å². The second kappa shape index (κ2) is 9.07. The molecule has 0 atom stereocenters. The molecule has 0 aromatic heterocycles. The van der Waals surface area contributed by atoms with Crippen molar-refractivity contribution in [3.05, 3.63) is 95.3 Å². The molecule has 3 aromatic carbocycles. The van der Waals surface area contributed by atoms with E-state index in [-0.39, 0.29) is 16.6 Å². The fourth-order valence-corrected chi connectivity index (χ4v) is 2.85. The Bertz CT molecular complexity index is 1070. The molecule has 0 heterocycles. The number of hydrogen-bond donors (Lipinski definition) is 3. The molecule has 3 aromatic rings. The second-order valence-electron chi connectivity index (χ2n) is 6.26. The molecule has 3 N–H and O–H groups in total. The number of aryl methyl sites for hydroxylation is 1. The summed E-state index contributed by atoms with van der Waals surface area (Å²) in [7, 11) is 0. The van der Waals surface area contributed by atoms with Gasteiger partial charge in [-0.15, -0.1) is 0 Å². The molecule has 0 aliphatic carbocycles. The van der Waals surface area contributed by atoms with Crippen LogP contribution in [0.2, 0.25) is 0 Å². The van der Waals surface area contributed by atoms with Gasteiger partial charge in [0.25, 0.3) is 11.8 Å². The van der Waals surface area contributed by atoms with Crippen molar-refractivity contribution in [3.8, 4) is 0 Å². The highest BCUT2D eigenvalue weighted by atomic mass is 32.1. The number of hydrogen-bond acceptors (Lipinski definition) is 3. The monoisotopic (exact) mass is 407 g/mol. The van der Waals surface area contributed by atoms with Gasteiger partial charge in [-0.1, -0.05) is 24.3 Å². The molecule has 0 fully saturated rings. The molecule has 0 spiro atoms. The van der Waals surface area contributed by atoms with Gasteiger partial charge in [-0.2, -0.15) is 0 Å². The summed E-state index contributed by atoms with van der Waals surface area (Å²) in [5, 5.41) is 8.35. The molecule has 0 aliphatic rings. The van der Waals surface area contributed by atoms with E-state index in [0.29, 0.717) is 16.9 Å². The van der Waals surface area contributed by atoms with Gasteiger partial charge in [0.15, 0.2) is 5.11 Å². The maximum Gasteiger partial charge on any atom is 0.257 e. The van der Waals surface area contributed by atoms with Crippen LogP contribution < -0.4 is 16.0 Å². The molecule has 0 saturated carbocycles. The molecule has 29 heavy (non-hydrogen) atoms. The van der Waals surface area contributed by atoms with Crippen LogP contribution in [0.25, 0.3) is 0 Å². The lowest BCUT2D eigenvalue weighted by molar-refractivity contribution is 0.0976. The Kier molecular flexibility index (Phi) is 6.31. The zero-order valence-electron chi connectivity index (χ0n) is 15.5. The number of carbonyl (C=O) groups excluding carboxylic acids is 2. The van der Waals surface area contributed by atoms with E-state index in [0.717, 1.165) is 5.56 Å². The van der Waals surface area contributed by atoms with Crippen molar-refractivity contribution in [1.82, 2.24) is 5.32 Å². The van der Waals surface area contributed by atoms with E-state index < -0.39 is 11.7 Å². The first-order chi connectivity index (χ1) is 13.9. The fraction of sp³-hybridized carbons (Fsp3) is 0.0455. The molecule has 0 aliphatic heterocycles. The van der Waals surface area contributed by atoms with Gasteiger partial charge in [-0.05, 0) is 73.2 Å². The molecule has 3 rings (SSSR count). The first kappa shape index (κ1) is 20.2. The van der Waals surface area contributed by atoms with Crippen LogP contribution in [0.1, 0.15) is 26.3 Å². The first-order valence-electron chi connectivity index (χ1n) is 8.77.